The third-order valence-electron chi connectivity index (χ3n) is 2.69. The second-order valence-corrected chi connectivity index (χ2v) is 6.53. The molecule has 0 bridgehead atoms. The van der Waals surface area contributed by atoms with Crippen molar-refractivity contribution in [2.45, 2.75) is 62.0 Å². The zero-order valence-corrected chi connectivity index (χ0v) is 15.4. The molecule has 118 valence electrons. The maximum absolute atomic E-state index is 11.7. The van der Waals surface area contributed by atoms with Crippen LogP contribution >= 0.6 is 31.9 Å². The summed E-state index contributed by atoms with van der Waals surface area (Å²) in [5.74, 6) is -0.873. The lowest BCUT2D eigenvalue weighted by molar-refractivity contribution is -0.149. The average Bonchev–Trinajstić information content (AvgIpc) is 2.46. The highest BCUT2D eigenvalue weighted by molar-refractivity contribution is 9.12. The number of halogens is 2. The first-order valence-electron chi connectivity index (χ1n) is 7.16. The number of carbonyl (C=O) groups excluding carboxylic acids is 2. The summed E-state index contributed by atoms with van der Waals surface area (Å²) in [4.78, 5) is 22.0. The highest BCUT2D eigenvalue weighted by Crippen LogP contribution is 2.18. The molecule has 0 unspecified atom stereocenters. The van der Waals surface area contributed by atoms with Gasteiger partial charge < -0.3 is 9.47 Å². The molecule has 0 fully saturated rings. The van der Waals surface area contributed by atoms with Gasteiger partial charge in [0.15, 0.2) is 0 Å². The van der Waals surface area contributed by atoms with Gasteiger partial charge in [0.2, 0.25) is 0 Å². The van der Waals surface area contributed by atoms with Crippen LogP contribution in [0.1, 0.15) is 52.4 Å². The lowest BCUT2D eigenvalue weighted by Gasteiger charge is -2.15. The van der Waals surface area contributed by atoms with Gasteiger partial charge in [-0.05, 0) is 12.8 Å². The zero-order valence-electron chi connectivity index (χ0n) is 12.2. The predicted molar refractivity (Wildman–Crippen MR) is 86.4 cm³/mol. The van der Waals surface area contributed by atoms with Gasteiger partial charge in [0.05, 0.1) is 13.2 Å². The van der Waals surface area contributed by atoms with Crippen LogP contribution in [-0.4, -0.2) is 34.8 Å². The number of hydrogen-bond donors (Lipinski definition) is 0. The molecule has 0 aromatic rings. The molecule has 0 heterocycles. The van der Waals surface area contributed by atoms with Crippen LogP contribution in [0.3, 0.4) is 0 Å². The van der Waals surface area contributed by atoms with Crippen molar-refractivity contribution in [1.29, 1.82) is 0 Å². The fourth-order valence-electron chi connectivity index (χ4n) is 1.45. The SMILES string of the molecule is CCCCCOC(=O)[C@@H](Br)[C@@H](Br)C(=O)OCCCCC. The van der Waals surface area contributed by atoms with Crippen LogP contribution in [0.25, 0.3) is 0 Å². The Hall–Kier alpha value is -0.100. The third-order valence-corrected chi connectivity index (χ3v) is 5.21. The summed E-state index contributed by atoms with van der Waals surface area (Å²) in [6.07, 6.45) is 5.88. The van der Waals surface area contributed by atoms with Crippen molar-refractivity contribution in [1.82, 2.24) is 0 Å². The van der Waals surface area contributed by atoms with E-state index in [0.717, 1.165) is 38.5 Å². The minimum absolute atomic E-state index is 0.389. The number of alkyl halides is 2. The van der Waals surface area contributed by atoms with Gasteiger partial charge in [0.25, 0.3) is 0 Å². The predicted octanol–water partition coefficient (Wildman–Crippen LogP) is 3.98. The lowest BCUT2D eigenvalue weighted by Crippen LogP contribution is -2.34. The summed E-state index contributed by atoms with van der Waals surface area (Å²) in [6.45, 7) is 4.94. The molecular weight excluding hydrogens is 392 g/mol. The number of carbonyl (C=O) groups is 2. The molecule has 0 spiro atoms. The highest BCUT2D eigenvalue weighted by Gasteiger charge is 2.31. The van der Waals surface area contributed by atoms with Crippen LogP contribution in [0.5, 0.6) is 0 Å². The number of hydrogen-bond acceptors (Lipinski definition) is 4. The molecule has 0 aromatic carbocycles. The molecule has 0 amide bonds. The molecule has 4 nitrogen and oxygen atoms in total. The van der Waals surface area contributed by atoms with Gasteiger partial charge >= 0.3 is 11.9 Å². The van der Waals surface area contributed by atoms with Crippen molar-refractivity contribution in [3.05, 3.63) is 0 Å². The quantitative estimate of drug-likeness (QED) is 0.291. The lowest BCUT2D eigenvalue weighted by atomic mass is 10.2. The van der Waals surface area contributed by atoms with Crippen molar-refractivity contribution in [2.75, 3.05) is 13.2 Å². The fraction of sp³-hybridized carbons (Fsp3) is 0.857. The molecule has 0 radical (unpaired) electrons. The molecule has 0 aromatic heterocycles. The van der Waals surface area contributed by atoms with Gasteiger partial charge in [-0.2, -0.15) is 0 Å². The smallest absolute Gasteiger partial charge is 0.321 e. The van der Waals surface area contributed by atoms with E-state index >= 15 is 0 Å². The van der Waals surface area contributed by atoms with Crippen LogP contribution < -0.4 is 0 Å². The normalized spacial score (nSPS) is 13.6. The van der Waals surface area contributed by atoms with Crippen LogP contribution in [0.2, 0.25) is 0 Å². The minimum atomic E-state index is -0.720. The van der Waals surface area contributed by atoms with Gasteiger partial charge in [-0.15, -0.1) is 0 Å². The number of unbranched alkanes of at least 4 members (excludes halogenated alkanes) is 4. The summed E-state index contributed by atoms with van der Waals surface area (Å²) in [5.41, 5.74) is 0. The molecule has 0 aliphatic carbocycles. The van der Waals surface area contributed by atoms with Gasteiger partial charge in [0, 0.05) is 0 Å². The Morgan fingerprint density at radius 1 is 0.800 bits per heavy atom. The van der Waals surface area contributed by atoms with E-state index in [9.17, 15) is 9.59 Å². The number of esters is 2. The Bertz CT molecular complexity index is 256. The minimum Gasteiger partial charge on any atom is -0.465 e. The molecule has 0 saturated heterocycles. The van der Waals surface area contributed by atoms with E-state index in [1.165, 1.54) is 0 Å². The van der Waals surface area contributed by atoms with Crippen molar-refractivity contribution in [2.24, 2.45) is 0 Å². The molecule has 0 saturated carbocycles. The Morgan fingerprint density at radius 2 is 1.15 bits per heavy atom. The molecule has 0 aliphatic rings. The first-order chi connectivity index (χ1) is 9.54. The van der Waals surface area contributed by atoms with E-state index in [4.69, 9.17) is 9.47 Å². The van der Waals surface area contributed by atoms with Crippen LogP contribution in [-0.2, 0) is 19.1 Å². The first kappa shape index (κ1) is 19.9. The molecule has 2 atom stereocenters. The molecule has 0 rings (SSSR count). The molecule has 0 N–H and O–H groups in total. The average molecular weight is 416 g/mol. The number of ether oxygens (including phenoxy) is 2. The maximum Gasteiger partial charge on any atom is 0.321 e. The third kappa shape index (κ3) is 8.95. The van der Waals surface area contributed by atoms with E-state index in [-0.39, 0.29) is 0 Å². The Labute approximate surface area is 138 Å². The van der Waals surface area contributed by atoms with Crippen LogP contribution in [0, 0.1) is 0 Å². The Morgan fingerprint density at radius 3 is 1.45 bits per heavy atom. The van der Waals surface area contributed by atoms with Crippen LogP contribution in [0.15, 0.2) is 0 Å². The monoisotopic (exact) mass is 414 g/mol. The topological polar surface area (TPSA) is 52.6 Å². The van der Waals surface area contributed by atoms with E-state index < -0.39 is 21.6 Å². The molecule has 0 aliphatic heterocycles. The van der Waals surface area contributed by atoms with Gasteiger partial charge in [-0.1, -0.05) is 71.4 Å². The second kappa shape index (κ2) is 12.6. The van der Waals surface area contributed by atoms with E-state index in [1.807, 2.05) is 0 Å². The second-order valence-electron chi connectivity index (χ2n) is 4.55. The van der Waals surface area contributed by atoms with Crippen molar-refractivity contribution >= 4 is 43.8 Å². The highest BCUT2D eigenvalue weighted by atomic mass is 79.9. The molecular formula is C14H24Br2O4. The van der Waals surface area contributed by atoms with Crippen molar-refractivity contribution in [3.63, 3.8) is 0 Å². The summed E-state index contributed by atoms with van der Waals surface area (Å²) < 4.78 is 10.2. The number of rotatable bonds is 11. The van der Waals surface area contributed by atoms with Crippen molar-refractivity contribution in [3.8, 4) is 0 Å². The largest absolute Gasteiger partial charge is 0.465 e. The van der Waals surface area contributed by atoms with Gasteiger partial charge in [-0.25, -0.2) is 0 Å². The fourth-order valence-corrected chi connectivity index (χ4v) is 2.14. The van der Waals surface area contributed by atoms with Crippen molar-refractivity contribution < 1.29 is 19.1 Å². The molecule has 6 heteroatoms. The molecule has 20 heavy (non-hydrogen) atoms. The summed E-state index contributed by atoms with van der Waals surface area (Å²) in [5, 5.41) is 0. The van der Waals surface area contributed by atoms with E-state index in [0.29, 0.717) is 13.2 Å². The summed E-state index contributed by atoms with van der Waals surface area (Å²) in [7, 11) is 0. The van der Waals surface area contributed by atoms with E-state index in [1.54, 1.807) is 0 Å². The van der Waals surface area contributed by atoms with E-state index in [2.05, 4.69) is 45.7 Å². The van der Waals surface area contributed by atoms with Gasteiger partial charge in [-0.3, -0.25) is 9.59 Å². The Kier molecular flexibility index (Phi) is 12.6. The summed E-state index contributed by atoms with van der Waals surface area (Å²) >= 11 is 6.36. The zero-order chi connectivity index (χ0) is 15.4. The van der Waals surface area contributed by atoms with Crippen LogP contribution in [0.4, 0.5) is 0 Å². The summed E-state index contributed by atoms with van der Waals surface area (Å²) in [6, 6.07) is 0. The standard InChI is InChI=1S/C14H24Br2O4/c1-3-5-7-9-19-13(17)11(15)12(16)14(18)20-10-8-6-4-2/h11-12H,3-10H2,1-2H3/t11-,12+. The van der Waals surface area contributed by atoms with Gasteiger partial charge in [0.1, 0.15) is 9.65 Å². The first-order valence-corrected chi connectivity index (χ1v) is 8.99. The Balaban J connectivity index is 3.95. The maximum atomic E-state index is 11.7.